The predicted molar refractivity (Wildman–Crippen MR) is 63.1 cm³/mol. The minimum Gasteiger partial charge on any atom is -0.235 e. The molecule has 0 aliphatic heterocycles. The van der Waals surface area contributed by atoms with Crippen molar-refractivity contribution in [2.75, 3.05) is 0 Å². The third kappa shape index (κ3) is 2.63. The molecule has 0 aromatic carbocycles. The minimum atomic E-state index is 0. The number of nitrogens with zero attached hydrogens (tertiary/aromatic N) is 4. The second kappa shape index (κ2) is 5.55. The molecule has 3 aromatic rings. The number of thiophene rings is 2. The average Bonchev–Trinajstić information content (AvgIpc) is 3.03. The van der Waals surface area contributed by atoms with Gasteiger partial charge in [-0.1, -0.05) is 10.9 Å². The summed E-state index contributed by atoms with van der Waals surface area (Å²) in [5.41, 5.74) is 0. The normalized spacial score (nSPS) is 9.88. The molecule has 4 nitrogen and oxygen atoms in total. The molecule has 0 saturated carbocycles. The Kier molecular flexibility index (Phi) is 4.06. The van der Waals surface area contributed by atoms with E-state index < -0.39 is 0 Å². The van der Waals surface area contributed by atoms with E-state index in [9.17, 15) is 0 Å². The molecule has 3 heterocycles. The summed E-state index contributed by atoms with van der Waals surface area (Å²) < 4.78 is 0. The maximum atomic E-state index is 4.05. The Morgan fingerprint density at radius 1 is 0.941 bits per heavy atom. The SMILES string of the molecule is [Ir].[c-]1ccsc1-c1nnc(-c2cccs2)nn1. The first-order chi connectivity index (χ1) is 7.93. The molecular weight excluding hydrogens is 432 g/mol. The topological polar surface area (TPSA) is 51.6 Å². The predicted octanol–water partition coefficient (Wildman–Crippen LogP) is 2.52. The van der Waals surface area contributed by atoms with Gasteiger partial charge >= 0.3 is 0 Å². The first-order valence-electron chi connectivity index (χ1n) is 4.50. The van der Waals surface area contributed by atoms with Gasteiger partial charge in [-0.2, -0.15) is 22.3 Å². The van der Waals surface area contributed by atoms with Crippen LogP contribution in [0.2, 0.25) is 0 Å². The Hall–Kier alpha value is -1.01. The Morgan fingerprint density at radius 2 is 1.71 bits per heavy atom. The van der Waals surface area contributed by atoms with Crippen molar-refractivity contribution in [2.24, 2.45) is 0 Å². The van der Waals surface area contributed by atoms with Crippen molar-refractivity contribution < 1.29 is 20.1 Å². The van der Waals surface area contributed by atoms with Crippen LogP contribution in [0, 0.1) is 6.07 Å². The Balaban J connectivity index is 0.00000108. The van der Waals surface area contributed by atoms with Gasteiger partial charge < -0.3 is 0 Å². The fourth-order valence-corrected chi connectivity index (χ4v) is 2.43. The Labute approximate surface area is 119 Å². The standard InChI is InChI=1S/C10H5N4S2.Ir/c1-3-7(15-5-1)9-11-13-10(14-12-9)8-4-2-6-16-8;/h1-3,5-6H;/q-1;. The van der Waals surface area contributed by atoms with Gasteiger partial charge in [-0.15, -0.1) is 26.9 Å². The molecule has 0 fully saturated rings. The second-order valence-corrected chi connectivity index (χ2v) is 4.78. The van der Waals surface area contributed by atoms with Crippen LogP contribution in [-0.4, -0.2) is 20.4 Å². The van der Waals surface area contributed by atoms with E-state index in [4.69, 9.17) is 0 Å². The molecule has 0 bridgehead atoms. The van der Waals surface area contributed by atoms with Gasteiger partial charge in [0.2, 0.25) is 5.82 Å². The summed E-state index contributed by atoms with van der Waals surface area (Å²) in [6, 6.07) is 8.75. The summed E-state index contributed by atoms with van der Waals surface area (Å²) in [4.78, 5) is 1.83. The Bertz CT molecular complexity index is 510. The van der Waals surface area contributed by atoms with Crippen LogP contribution in [0.1, 0.15) is 0 Å². The van der Waals surface area contributed by atoms with Crippen LogP contribution >= 0.6 is 22.7 Å². The summed E-state index contributed by atoms with van der Waals surface area (Å²) in [6.45, 7) is 0. The van der Waals surface area contributed by atoms with Crippen molar-refractivity contribution in [3.63, 3.8) is 0 Å². The van der Waals surface area contributed by atoms with E-state index in [-0.39, 0.29) is 20.1 Å². The van der Waals surface area contributed by atoms with Crippen LogP contribution in [-0.2, 0) is 20.1 Å². The van der Waals surface area contributed by atoms with Crippen LogP contribution in [0.15, 0.2) is 29.0 Å². The average molecular weight is 438 g/mol. The van der Waals surface area contributed by atoms with Crippen molar-refractivity contribution in [3.05, 3.63) is 35.0 Å². The first-order valence-corrected chi connectivity index (χ1v) is 6.26. The van der Waals surface area contributed by atoms with Gasteiger partial charge in [-0.3, -0.25) is 0 Å². The minimum absolute atomic E-state index is 0. The third-order valence-electron chi connectivity index (χ3n) is 1.89. The van der Waals surface area contributed by atoms with E-state index in [1.807, 2.05) is 29.0 Å². The summed E-state index contributed by atoms with van der Waals surface area (Å²) in [5, 5.41) is 20.1. The van der Waals surface area contributed by atoms with Crippen molar-refractivity contribution in [1.82, 2.24) is 20.4 Å². The molecule has 1 radical (unpaired) electrons. The molecule has 0 aliphatic carbocycles. The fourth-order valence-electron chi connectivity index (χ4n) is 1.19. The molecule has 17 heavy (non-hydrogen) atoms. The maximum absolute atomic E-state index is 4.05. The van der Waals surface area contributed by atoms with Gasteiger partial charge in [0.15, 0.2) is 0 Å². The van der Waals surface area contributed by atoms with Gasteiger partial charge in [-0.05, 0) is 11.4 Å². The molecule has 87 valence electrons. The smallest absolute Gasteiger partial charge is 0.211 e. The van der Waals surface area contributed by atoms with Crippen molar-refractivity contribution in [2.45, 2.75) is 0 Å². The zero-order valence-electron chi connectivity index (χ0n) is 8.33. The van der Waals surface area contributed by atoms with Gasteiger partial charge in [-0.25, -0.2) is 11.3 Å². The largest absolute Gasteiger partial charge is 0.235 e. The van der Waals surface area contributed by atoms with E-state index in [2.05, 4.69) is 26.5 Å². The van der Waals surface area contributed by atoms with Crippen molar-refractivity contribution >= 4 is 22.7 Å². The van der Waals surface area contributed by atoms with Crippen molar-refractivity contribution in [3.8, 4) is 21.4 Å². The number of hydrogen-bond donors (Lipinski definition) is 0. The van der Waals surface area contributed by atoms with E-state index in [0.717, 1.165) is 9.75 Å². The number of hydrogen-bond acceptors (Lipinski definition) is 6. The second-order valence-electron chi connectivity index (χ2n) is 2.92. The molecule has 0 unspecified atom stereocenters. The fraction of sp³-hybridized carbons (Fsp3) is 0. The van der Waals surface area contributed by atoms with E-state index >= 15 is 0 Å². The van der Waals surface area contributed by atoms with E-state index in [0.29, 0.717) is 11.6 Å². The van der Waals surface area contributed by atoms with E-state index in [1.54, 1.807) is 11.3 Å². The molecule has 0 spiro atoms. The third-order valence-corrected chi connectivity index (χ3v) is 3.57. The Morgan fingerprint density at radius 3 is 2.29 bits per heavy atom. The number of aromatic nitrogens is 4. The summed E-state index contributed by atoms with van der Waals surface area (Å²) in [6.07, 6.45) is 0. The zero-order valence-corrected chi connectivity index (χ0v) is 12.4. The quantitative estimate of drug-likeness (QED) is 0.578. The van der Waals surface area contributed by atoms with Gasteiger partial charge in [0.1, 0.15) is 5.82 Å². The van der Waals surface area contributed by atoms with Crippen LogP contribution < -0.4 is 0 Å². The van der Waals surface area contributed by atoms with Crippen molar-refractivity contribution in [1.29, 1.82) is 0 Å². The molecule has 0 aliphatic rings. The molecule has 0 atom stereocenters. The van der Waals surface area contributed by atoms with Crippen LogP contribution in [0.5, 0.6) is 0 Å². The van der Waals surface area contributed by atoms with Crippen LogP contribution in [0.4, 0.5) is 0 Å². The molecule has 0 saturated heterocycles. The van der Waals surface area contributed by atoms with E-state index in [1.165, 1.54) is 11.3 Å². The molecule has 3 aromatic heterocycles. The maximum Gasteiger partial charge on any atom is 0.211 e. The molecule has 7 heteroatoms. The monoisotopic (exact) mass is 438 g/mol. The van der Waals surface area contributed by atoms with Gasteiger partial charge in [0.05, 0.1) is 4.88 Å². The summed E-state index contributed by atoms with van der Waals surface area (Å²) >= 11 is 3.09. The molecular formula is C10H5IrN4S2-. The van der Waals surface area contributed by atoms with Crippen LogP contribution in [0.3, 0.4) is 0 Å². The molecule has 0 amide bonds. The summed E-state index contributed by atoms with van der Waals surface area (Å²) in [5.74, 6) is 1.09. The van der Waals surface area contributed by atoms with Crippen LogP contribution in [0.25, 0.3) is 21.4 Å². The number of rotatable bonds is 2. The summed E-state index contributed by atoms with van der Waals surface area (Å²) in [7, 11) is 0. The zero-order chi connectivity index (χ0) is 10.8. The molecule has 3 rings (SSSR count). The molecule has 0 N–H and O–H groups in total. The first kappa shape index (κ1) is 12.4. The van der Waals surface area contributed by atoms with Gasteiger partial charge in [0, 0.05) is 20.1 Å². The van der Waals surface area contributed by atoms with Gasteiger partial charge in [0.25, 0.3) is 0 Å².